The van der Waals surface area contributed by atoms with Gasteiger partial charge in [-0.15, -0.1) is 0 Å². The molecule has 0 unspecified atom stereocenters. The van der Waals surface area contributed by atoms with Gasteiger partial charge in [0, 0.05) is 45.8 Å². The molecule has 0 aromatic heterocycles. The average Bonchev–Trinajstić information content (AvgIpc) is 3.09. The summed E-state index contributed by atoms with van der Waals surface area (Å²) >= 11 is 0. The summed E-state index contributed by atoms with van der Waals surface area (Å²) in [4.78, 5) is 13.2. The van der Waals surface area contributed by atoms with Gasteiger partial charge in [-0.05, 0) is 76.9 Å². The Labute approximate surface area is 283 Å². The number of nitrogens with two attached hydrogens (primary N) is 2. The normalized spacial score (nSPS) is 14.2. The molecule has 48 heavy (non-hydrogen) atoms. The van der Waals surface area contributed by atoms with Crippen LogP contribution < -0.4 is 20.9 Å². The first kappa shape index (κ1) is 32.4. The molecule has 4 N–H and O–H groups in total. The van der Waals surface area contributed by atoms with Crippen LogP contribution in [-0.4, -0.2) is 11.6 Å². The van der Waals surface area contributed by atoms with Crippen LogP contribution in [0.5, 0.6) is 11.5 Å². The van der Waals surface area contributed by atoms with Crippen molar-refractivity contribution < 1.29 is 14.3 Å². The van der Waals surface area contributed by atoms with Gasteiger partial charge in [-0.1, -0.05) is 113 Å². The van der Waals surface area contributed by atoms with Crippen LogP contribution in [0.15, 0.2) is 151 Å². The van der Waals surface area contributed by atoms with E-state index in [1.807, 2.05) is 91.0 Å². The summed E-state index contributed by atoms with van der Waals surface area (Å²) in [5, 5.41) is 0. The number of Topliss-reactive ketones (excluding diaryl/α,β-unsaturated/α-hetero) is 1. The number of ether oxygens (including phenoxy) is 2. The molecule has 1 aliphatic rings. The van der Waals surface area contributed by atoms with Gasteiger partial charge in [0.15, 0.2) is 5.78 Å². The average molecular weight is 635 g/mol. The van der Waals surface area contributed by atoms with Crippen LogP contribution in [0.1, 0.15) is 66.7 Å². The van der Waals surface area contributed by atoms with E-state index in [2.05, 4.69) is 76.2 Å². The summed E-state index contributed by atoms with van der Waals surface area (Å²) in [5.41, 5.74) is 18.8. The van der Waals surface area contributed by atoms with E-state index in [1.54, 1.807) is 6.08 Å². The molecule has 0 radical (unpaired) electrons. The van der Waals surface area contributed by atoms with Gasteiger partial charge in [0.05, 0.1) is 0 Å². The molecule has 0 saturated carbocycles. The van der Waals surface area contributed by atoms with Crippen LogP contribution in [0, 0.1) is 0 Å². The fourth-order valence-electron chi connectivity index (χ4n) is 6.11. The zero-order chi connectivity index (χ0) is 33.9. The highest BCUT2D eigenvalue weighted by molar-refractivity contribution is 6.10. The maximum absolute atomic E-state index is 13.2. The quantitative estimate of drug-likeness (QED) is 0.0908. The van der Waals surface area contributed by atoms with Crippen LogP contribution >= 0.6 is 0 Å². The fourth-order valence-corrected chi connectivity index (χ4v) is 6.11. The van der Waals surface area contributed by atoms with Gasteiger partial charge >= 0.3 is 0 Å². The first-order valence-electron chi connectivity index (χ1n) is 16.3. The van der Waals surface area contributed by atoms with Gasteiger partial charge in [0.25, 0.3) is 5.79 Å². The molecular formula is C43H42N2O3. The molecule has 6 rings (SSSR count). The Balaban J connectivity index is 1.27. The number of nitrogen functional groups attached to an aromatic ring is 2. The topological polar surface area (TPSA) is 87.6 Å². The van der Waals surface area contributed by atoms with E-state index in [4.69, 9.17) is 20.9 Å². The summed E-state index contributed by atoms with van der Waals surface area (Å²) < 4.78 is 13.3. The van der Waals surface area contributed by atoms with E-state index in [-0.39, 0.29) is 16.6 Å². The second-order valence-corrected chi connectivity index (χ2v) is 13.5. The number of carbonyl (C=O) groups excluding carboxylic acids is 1. The van der Waals surface area contributed by atoms with Crippen LogP contribution in [0.2, 0.25) is 0 Å². The lowest BCUT2D eigenvalue weighted by molar-refractivity contribution is -0.0689. The molecule has 0 fully saturated rings. The largest absolute Gasteiger partial charge is 0.448 e. The third kappa shape index (κ3) is 6.77. The maximum atomic E-state index is 13.2. The van der Waals surface area contributed by atoms with Crippen LogP contribution in [0.4, 0.5) is 11.4 Å². The summed E-state index contributed by atoms with van der Waals surface area (Å²) in [6.07, 6.45) is 5.89. The molecule has 0 aliphatic heterocycles. The van der Waals surface area contributed by atoms with Crippen LogP contribution in [0.3, 0.4) is 0 Å². The maximum Gasteiger partial charge on any atom is 0.274 e. The Bertz CT molecular complexity index is 1830. The number of rotatable bonds is 10. The van der Waals surface area contributed by atoms with Crippen molar-refractivity contribution >= 4 is 17.2 Å². The molecule has 5 nitrogen and oxygen atoms in total. The number of hydrogen-bond acceptors (Lipinski definition) is 5. The molecule has 5 aromatic rings. The molecule has 5 heteroatoms. The fraction of sp³-hybridized carbons (Fsp3) is 0.186. The number of anilines is 2. The molecule has 0 saturated heterocycles. The number of hydrogen-bond donors (Lipinski definition) is 2. The monoisotopic (exact) mass is 634 g/mol. The van der Waals surface area contributed by atoms with Crippen molar-refractivity contribution in [1.82, 2.24) is 0 Å². The lowest BCUT2D eigenvalue weighted by atomic mass is 9.78. The highest BCUT2D eigenvalue weighted by Crippen LogP contribution is 2.37. The summed E-state index contributed by atoms with van der Waals surface area (Å²) in [6.45, 7) is 8.77. The Morgan fingerprint density at radius 1 is 0.583 bits per heavy atom. The minimum absolute atomic E-state index is 0.0380. The van der Waals surface area contributed by atoms with Crippen molar-refractivity contribution in [3.63, 3.8) is 0 Å². The zero-order valence-electron chi connectivity index (χ0n) is 27.9. The van der Waals surface area contributed by atoms with E-state index in [9.17, 15) is 4.79 Å². The first-order chi connectivity index (χ1) is 22.9. The van der Waals surface area contributed by atoms with E-state index in [1.165, 1.54) is 11.1 Å². The summed E-state index contributed by atoms with van der Waals surface area (Å²) in [7, 11) is 0. The van der Waals surface area contributed by atoms with Crippen molar-refractivity contribution in [2.45, 2.75) is 50.7 Å². The lowest BCUT2D eigenvalue weighted by Gasteiger charge is -2.34. The van der Waals surface area contributed by atoms with Crippen molar-refractivity contribution in [3.8, 4) is 11.5 Å². The van der Waals surface area contributed by atoms with Crippen molar-refractivity contribution in [1.29, 1.82) is 0 Å². The highest BCUT2D eigenvalue weighted by Gasteiger charge is 2.35. The Kier molecular flexibility index (Phi) is 8.72. The van der Waals surface area contributed by atoms with E-state index < -0.39 is 5.79 Å². The van der Waals surface area contributed by atoms with Gasteiger partial charge < -0.3 is 20.9 Å². The molecule has 0 bridgehead atoms. The Morgan fingerprint density at radius 3 is 1.35 bits per heavy atom. The third-order valence-corrected chi connectivity index (χ3v) is 9.42. The zero-order valence-corrected chi connectivity index (χ0v) is 27.9. The van der Waals surface area contributed by atoms with Crippen molar-refractivity contribution in [2.24, 2.45) is 0 Å². The Hall–Kier alpha value is -5.55. The van der Waals surface area contributed by atoms with Crippen LogP contribution in [0.25, 0.3) is 0 Å². The van der Waals surface area contributed by atoms with E-state index in [0.29, 0.717) is 29.1 Å². The molecule has 0 atom stereocenters. The van der Waals surface area contributed by atoms with Gasteiger partial charge in [-0.2, -0.15) is 0 Å². The molecule has 0 heterocycles. The predicted octanol–water partition coefficient (Wildman–Crippen LogP) is 9.43. The van der Waals surface area contributed by atoms with Gasteiger partial charge in [0.2, 0.25) is 0 Å². The van der Waals surface area contributed by atoms with Crippen molar-refractivity contribution in [3.05, 3.63) is 179 Å². The second kappa shape index (κ2) is 12.9. The van der Waals surface area contributed by atoms with E-state index in [0.717, 1.165) is 22.5 Å². The van der Waals surface area contributed by atoms with Crippen molar-refractivity contribution in [2.75, 3.05) is 11.5 Å². The number of benzene rings is 5. The Morgan fingerprint density at radius 2 is 0.979 bits per heavy atom. The SMILES string of the molecule is CC(C)(c1ccc(N)cc1)c1ccc(OC2(Oc3ccc(C(C)(C)c4ccc(N)cc4)cc3)C=CC(C(=O)c3ccccc3)=CC2)cc1. The lowest BCUT2D eigenvalue weighted by Crippen LogP contribution is -2.41. The van der Waals surface area contributed by atoms with Gasteiger partial charge in [-0.25, -0.2) is 0 Å². The molecule has 242 valence electrons. The minimum atomic E-state index is -1.16. The summed E-state index contributed by atoms with van der Waals surface area (Å²) in [5.74, 6) is 0.110. The number of carbonyl (C=O) groups is 1. The van der Waals surface area contributed by atoms with Crippen LogP contribution in [-0.2, 0) is 10.8 Å². The van der Waals surface area contributed by atoms with Gasteiger partial charge in [-0.3, -0.25) is 4.79 Å². The second-order valence-electron chi connectivity index (χ2n) is 13.5. The third-order valence-electron chi connectivity index (χ3n) is 9.42. The molecular weight excluding hydrogens is 592 g/mol. The first-order valence-corrected chi connectivity index (χ1v) is 16.3. The molecule has 1 aliphatic carbocycles. The molecule has 0 amide bonds. The predicted molar refractivity (Wildman–Crippen MR) is 195 cm³/mol. The smallest absolute Gasteiger partial charge is 0.274 e. The highest BCUT2D eigenvalue weighted by atomic mass is 16.7. The standard InChI is InChI=1S/C43H42N2O3/c1-41(2,32-10-18-36(44)19-11-32)34-14-22-38(23-15-34)47-43(28-26-31(27-29-43)40(46)30-8-6-5-7-9-30)48-39-24-16-35(17-25-39)42(3,4)33-12-20-37(45)21-13-33/h5-28H,29,44-45H2,1-4H3. The number of ketones is 1. The molecule has 0 spiro atoms. The number of allylic oxidation sites excluding steroid dienone is 2. The van der Waals surface area contributed by atoms with Gasteiger partial charge in [0.1, 0.15) is 11.5 Å². The minimum Gasteiger partial charge on any atom is -0.448 e. The summed E-state index contributed by atoms with van der Waals surface area (Å²) in [6, 6.07) is 41.5. The molecule has 5 aromatic carbocycles. The van der Waals surface area contributed by atoms with E-state index >= 15 is 0 Å².